The van der Waals surface area contributed by atoms with Crippen molar-refractivity contribution >= 4 is 38.1 Å². The minimum absolute atomic E-state index is 0.149. The standard InChI is InChI=1S/C14H16N4O3S2/c1-8-6-11-7-10(4-5-12(11)18(8)23(3,20)21)13(19)15-14-17-16-9(2)22-14/h4-5,7-8H,6H2,1-3H3,(H,15,17,19)/t8-/m0/s1. The molecular weight excluding hydrogens is 336 g/mol. The highest BCUT2D eigenvalue weighted by molar-refractivity contribution is 7.92. The van der Waals surface area contributed by atoms with E-state index in [1.165, 1.54) is 21.9 Å². The number of anilines is 2. The third-order valence-electron chi connectivity index (χ3n) is 3.60. The molecular formula is C14H16N4O3S2. The van der Waals surface area contributed by atoms with Gasteiger partial charge in [0.25, 0.3) is 5.91 Å². The molecule has 2 aromatic rings. The van der Waals surface area contributed by atoms with Gasteiger partial charge in [0.15, 0.2) is 0 Å². The zero-order valence-corrected chi connectivity index (χ0v) is 14.5. The van der Waals surface area contributed by atoms with Crippen LogP contribution in [0.2, 0.25) is 0 Å². The number of benzene rings is 1. The monoisotopic (exact) mass is 352 g/mol. The van der Waals surface area contributed by atoms with Crippen LogP contribution >= 0.6 is 11.3 Å². The maximum atomic E-state index is 12.3. The highest BCUT2D eigenvalue weighted by Gasteiger charge is 2.32. The molecule has 3 rings (SSSR count). The van der Waals surface area contributed by atoms with Crippen molar-refractivity contribution in [1.82, 2.24) is 10.2 Å². The number of carbonyl (C=O) groups excluding carboxylic acids is 1. The lowest BCUT2D eigenvalue weighted by atomic mass is 10.1. The SMILES string of the molecule is Cc1nnc(NC(=O)c2ccc3c(c2)C[C@H](C)N3S(C)(=O)=O)s1. The number of amides is 1. The summed E-state index contributed by atoms with van der Waals surface area (Å²) >= 11 is 1.30. The average molecular weight is 352 g/mol. The summed E-state index contributed by atoms with van der Waals surface area (Å²) < 4.78 is 25.2. The van der Waals surface area contributed by atoms with Crippen molar-refractivity contribution in [3.63, 3.8) is 0 Å². The van der Waals surface area contributed by atoms with Crippen LogP contribution in [0.25, 0.3) is 0 Å². The van der Waals surface area contributed by atoms with Gasteiger partial charge < -0.3 is 0 Å². The molecule has 122 valence electrons. The zero-order valence-electron chi connectivity index (χ0n) is 12.9. The van der Waals surface area contributed by atoms with Crippen molar-refractivity contribution in [2.45, 2.75) is 26.3 Å². The van der Waals surface area contributed by atoms with Crippen LogP contribution in [0.3, 0.4) is 0 Å². The number of nitrogens with one attached hydrogen (secondary N) is 1. The van der Waals surface area contributed by atoms with Crippen LogP contribution in [0.15, 0.2) is 18.2 Å². The minimum Gasteiger partial charge on any atom is -0.296 e. The molecule has 1 atom stereocenters. The first-order valence-corrected chi connectivity index (χ1v) is 9.66. The second kappa shape index (κ2) is 5.57. The van der Waals surface area contributed by atoms with E-state index in [2.05, 4.69) is 15.5 Å². The predicted molar refractivity (Wildman–Crippen MR) is 89.5 cm³/mol. The second-order valence-electron chi connectivity index (χ2n) is 5.54. The Morgan fingerprint density at radius 2 is 2.13 bits per heavy atom. The topological polar surface area (TPSA) is 92.3 Å². The number of aromatic nitrogens is 2. The Balaban J connectivity index is 1.88. The van der Waals surface area contributed by atoms with Gasteiger partial charge in [-0.05, 0) is 44.0 Å². The van der Waals surface area contributed by atoms with Crippen molar-refractivity contribution in [3.05, 3.63) is 34.3 Å². The summed E-state index contributed by atoms with van der Waals surface area (Å²) in [5.41, 5.74) is 1.96. The van der Waals surface area contributed by atoms with Crippen LogP contribution in [0.5, 0.6) is 0 Å². The lowest BCUT2D eigenvalue weighted by Gasteiger charge is -2.21. The van der Waals surface area contributed by atoms with Crippen LogP contribution in [0.4, 0.5) is 10.8 Å². The van der Waals surface area contributed by atoms with Crippen molar-refractivity contribution in [3.8, 4) is 0 Å². The Kier molecular flexibility index (Phi) is 3.85. The molecule has 0 spiro atoms. The van der Waals surface area contributed by atoms with Gasteiger partial charge in [0.2, 0.25) is 15.2 Å². The number of carbonyl (C=O) groups is 1. The van der Waals surface area contributed by atoms with Gasteiger partial charge in [-0.15, -0.1) is 10.2 Å². The van der Waals surface area contributed by atoms with Gasteiger partial charge in [0, 0.05) is 11.6 Å². The third-order valence-corrected chi connectivity index (χ3v) is 5.62. The van der Waals surface area contributed by atoms with Crippen LogP contribution < -0.4 is 9.62 Å². The first-order valence-electron chi connectivity index (χ1n) is 6.99. The molecule has 1 aromatic heterocycles. The molecule has 1 aromatic carbocycles. The van der Waals surface area contributed by atoms with Gasteiger partial charge in [-0.2, -0.15) is 0 Å². The number of fused-ring (bicyclic) bond motifs is 1. The zero-order chi connectivity index (χ0) is 16.8. The lowest BCUT2D eigenvalue weighted by Crippen LogP contribution is -2.34. The number of hydrogen-bond donors (Lipinski definition) is 1. The van der Waals surface area contributed by atoms with E-state index >= 15 is 0 Å². The van der Waals surface area contributed by atoms with E-state index in [1.807, 2.05) is 13.8 Å². The Morgan fingerprint density at radius 3 is 2.74 bits per heavy atom. The molecule has 0 fully saturated rings. The quantitative estimate of drug-likeness (QED) is 0.909. The number of hydrogen-bond acceptors (Lipinski definition) is 6. The molecule has 7 nitrogen and oxygen atoms in total. The van der Waals surface area contributed by atoms with Crippen LogP contribution in [0.1, 0.15) is 27.9 Å². The van der Waals surface area contributed by atoms with E-state index in [4.69, 9.17) is 0 Å². The number of nitrogens with zero attached hydrogens (tertiary/aromatic N) is 3. The molecule has 0 aliphatic carbocycles. The smallest absolute Gasteiger partial charge is 0.257 e. The Hall–Kier alpha value is -2.00. The maximum Gasteiger partial charge on any atom is 0.257 e. The molecule has 0 saturated carbocycles. The molecule has 2 heterocycles. The molecule has 0 unspecified atom stereocenters. The summed E-state index contributed by atoms with van der Waals surface area (Å²) in [6, 6.07) is 4.89. The fraction of sp³-hybridized carbons (Fsp3) is 0.357. The van der Waals surface area contributed by atoms with Crippen LogP contribution in [-0.2, 0) is 16.4 Å². The average Bonchev–Trinajstić information content (AvgIpc) is 2.99. The molecule has 0 radical (unpaired) electrons. The van der Waals surface area contributed by atoms with Crippen molar-refractivity contribution in [1.29, 1.82) is 0 Å². The highest BCUT2D eigenvalue weighted by atomic mass is 32.2. The Labute approximate surface area is 138 Å². The van der Waals surface area contributed by atoms with Gasteiger partial charge in [0.05, 0.1) is 11.9 Å². The summed E-state index contributed by atoms with van der Waals surface area (Å²) in [5, 5.41) is 11.6. The Bertz CT molecular complexity index is 876. The fourth-order valence-electron chi connectivity index (χ4n) is 2.77. The fourth-order valence-corrected chi connectivity index (χ4v) is 4.62. The van der Waals surface area contributed by atoms with Crippen LogP contribution in [0, 0.1) is 6.92 Å². The second-order valence-corrected chi connectivity index (χ2v) is 8.58. The van der Waals surface area contributed by atoms with E-state index in [0.717, 1.165) is 10.6 Å². The maximum absolute atomic E-state index is 12.3. The summed E-state index contributed by atoms with van der Waals surface area (Å²) in [5.74, 6) is -0.283. The lowest BCUT2D eigenvalue weighted by molar-refractivity contribution is 0.102. The van der Waals surface area contributed by atoms with E-state index in [1.54, 1.807) is 18.2 Å². The van der Waals surface area contributed by atoms with Crippen LogP contribution in [-0.4, -0.2) is 36.8 Å². The molecule has 0 saturated heterocycles. The van der Waals surface area contributed by atoms with E-state index in [-0.39, 0.29) is 11.9 Å². The molecule has 1 aliphatic rings. The normalized spacial score (nSPS) is 17.2. The molecule has 1 aliphatic heterocycles. The first-order chi connectivity index (χ1) is 10.8. The molecule has 23 heavy (non-hydrogen) atoms. The van der Waals surface area contributed by atoms with E-state index in [9.17, 15) is 13.2 Å². The van der Waals surface area contributed by atoms with E-state index < -0.39 is 10.0 Å². The number of sulfonamides is 1. The molecule has 1 amide bonds. The van der Waals surface area contributed by atoms with Crippen molar-refractivity contribution < 1.29 is 13.2 Å². The molecule has 1 N–H and O–H groups in total. The van der Waals surface area contributed by atoms with Crippen molar-refractivity contribution in [2.24, 2.45) is 0 Å². The summed E-state index contributed by atoms with van der Waals surface area (Å²) in [7, 11) is -3.33. The minimum atomic E-state index is -3.33. The van der Waals surface area contributed by atoms with Gasteiger partial charge in [-0.3, -0.25) is 14.4 Å². The van der Waals surface area contributed by atoms with Gasteiger partial charge in [-0.25, -0.2) is 8.42 Å². The summed E-state index contributed by atoms with van der Waals surface area (Å²) in [6.07, 6.45) is 1.78. The largest absolute Gasteiger partial charge is 0.296 e. The summed E-state index contributed by atoms with van der Waals surface area (Å²) in [4.78, 5) is 12.3. The Morgan fingerprint density at radius 1 is 1.39 bits per heavy atom. The third kappa shape index (κ3) is 3.06. The predicted octanol–water partition coefficient (Wildman–Crippen LogP) is 1.81. The molecule has 0 bridgehead atoms. The van der Waals surface area contributed by atoms with E-state index in [0.29, 0.717) is 22.8 Å². The number of rotatable bonds is 3. The van der Waals surface area contributed by atoms with Gasteiger partial charge in [-0.1, -0.05) is 11.3 Å². The molecule has 9 heteroatoms. The van der Waals surface area contributed by atoms with Gasteiger partial charge >= 0.3 is 0 Å². The highest BCUT2D eigenvalue weighted by Crippen LogP contribution is 2.34. The number of aryl methyl sites for hydroxylation is 1. The van der Waals surface area contributed by atoms with Gasteiger partial charge in [0.1, 0.15) is 5.01 Å². The van der Waals surface area contributed by atoms with Crippen molar-refractivity contribution in [2.75, 3.05) is 15.9 Å². The summed E-state index contributed by atoms with van der Waals surface area (Å²) in [6.45, 7) is 3.66. The first kappa shape index (κ1) is 15.9.